The molecule has 0 bridgehead atoms. The van der Waals surface area contributed by atoms with Gasteiger partial charge >= 0.3 is 0 Å². The van der Waals surface area contributed by atoms with Gasteiger partial charge in [0.1, 0.15) is 0 Å². The van der Waals surface area contributed by atoms with Crippen LogP contribution in [0, 0.1) is 0 Å². The van der Waals surface area contributed by atoms with Gasteiger partial charge in [-0.1, -0.05) is 47.6 Å². The Balaban J connectivity index is 3.09. The predicted octanol–water partition coefficient (Wildman–Crippen LogP) is 6.88. The highest BCUT2D eigenvalue weighted by Gasteiger charge is 2.40. The van der Waals surface area contributed by atoms with Crippen molar-refractivity contribution in [2.24, 2.45) is 0 Å². The third-order valence-corrected chi connectivity index (χ3v) is 15.5. The molecule has 4 nitrogen and oxygen atoms in total. The molecule has 0 saturated carbocycles. The van der Waals surface area contributed by atoms with Crippen LogP contribution in [0.1, 0.15) is 59.6 Å². The molecule has 0 heterocycles. The van der Waals surface area contributed by atoms with Gasteiger partial charge in [0.25, 0.3) is 0 Å². The zero-order chi connectivity index (χ0) is 22.0. The second-order valence-electron chi connectivity index (χ2n) is 10.7. The highest BCUT2D eigenvalue weighted by molar-refractivity contribution is 6.74. The van der Waals surface area contributed by atoms with E-state index in [4.69, 9.17) is 13.6 Å². The summed E-state index contributed by atoms with van der Waals surface area (Å²) in [5.74, 6) is 0.626. The fourth-order valence-corrected chi connectivity index (χ4v) is 4.74. The Labute approximate surface area is 174 Å². The smallest absolute Gasteiger partial charge is 0.192 e. The molecule has 0 radical (unpaired) electrons. The quantitative estimate of drug-likeness (QED) is 0.460. The van der Waals surface area contributed by atoms with Gasteiger partial charge < -0.3 is 18.7 Å². The average Bonchev–Trinajstić information content (AvgIpc) is 2.52. The zero-order valence-corrected chi connectivity index (χ0v) is 21.9. The molecule has 0 aliphatic rings. The van der Waals surface area contributed by atoms with Gasteiger partial charge in [0.2, 0.25) is 0 Å². The van der Waals surface area contributed by atoms with E-state index in [1.54, 1.807) is 13.2 Å². The van der Waals surface area contributed by atoms with E-state index in [2.05, 4.69) is 67.7 Å². The summed E-state index contributed by atoms with van der Waals surface area (Å²) >= 11 is 0. The molecule has 1 aromatic carbocycles. The first-order valence-corrected chi connectivity index (χ1v) is 16.0. The number of aromatic hydroxyl groups is 1. The van der Waals surface area contributed by atoms with Crippen LogP contribution in [0.25, 0.3) is 0 Å². The van der Waals surface area contributed by atoms with E-state index in [-0.39, 0.29) is 21.9 Å². The second-order valence-corrected chi connectivity index (χ2v) is 20.3. The number of methoxy groups -OCH3 is 1. The van der Waals surface area contributed by atoms with Gasteiger partial charge in [-0.05, 0) is 60.4 Å². The van der Waals surface area contributed by atoms with Crippen LogP contribution in [0.15, 0.2) is 18.2 Å². The number of phenolic OH excluding ortho intramolecular Hbond substituents is 1. The third-order valence-electron chi connectivity index (χ3n) is 6.47. The molecule has 0 fully saturated rings. The maximum absolute atomic E-state index is 9.97. The van der Waals surface area contributed by atoms with Crippen LogP contribution >= 0.6 is 0 Å². The minimum Gasteiger partial charge on any atom is -0.504 e. The Bertz CT molecular complexity index is 643. The van der Waals surface area contributed by atoms with Crippen LogP contribution in [-0.2, 0) is 8.85 Å². The lowest BCUT2D eigenvalue weighted by molar-refractivity contribution is 0.142. The normalized spacial score (nSPS) is 14.8. The van der Waals surface area contributed by atoms with E-state index in [0.29, 0.717) is 12.4 Å². The molecule has 0 amide bonds. The Morgan fingerprint density at radius 1 is 0.929 bits per heavy atom. The summed E-state index contributed by atoms with van der Waals surface area (Å²) in [6.45, 7) is 23.3. The minimum absolute atomic E-state index is 0.0832. The summed E-state index contributed by atoms with van der Waals surface area (Å²) in [6, 6.07) is 5.51. The molecule has 0 aliphatic carbocycles. The van der Waals surface area contributed by atoms with Crippen molar-refractivity contribution in [3.63, 3.8) is 0 Å². The Morgan fingerprint density at radius 3 is 1.93 bits per heavy atom. The molecule has 28 heavy (non-hydrogen) atoms. The lowest BCUT2D eigenvalue weighted by atomic mass is 10.1. The first-order chi connectivity index (χ1) is 12.5. The first kappa shape index (κ1) is 25.2. The molecule has 1 unspecified atom stereocenters. The average molecular weight is 427 g/mol. The number of rotatable bonds is 8. The second kappa shape index (κ2) is 8.90. The van der Waals surface area contributed by atoms with Gasteiger partial charge in [-0.2, -0.15) is 0 Å². The molecule has 0 aliphatic heterocycles. The largest absolute Gasteiger partial charge is 0.504 e. The van der Waals surface area contributed by atoms with Crippen molar-refractivity contribution < 1.29 is 18.7 Å². The monoisotopic (exact) mass is 426 g/mol. The molecule has 0 saturated heterocycles. The van der Waals surface area contributed by atoms with E-state index < -0.39 is 16.6 Å². The fourth-order valence-electron chi connectivity index (χ4n) is 2.36. The van der Waals surface area contributed by atoms with Gasteiger partial charge in [-0.3, -0.25) is 0 Å². The first-order valence-electron chi connectivity index (χ1n) is 10.2. The highest BCUT2D eigenvalue weighted by atomic mass is 28.4. The molecule has 6 heteroatoms. The van der Waals surface area contributed by atoms with Crippen molar-refractivity contribution in [3.8, 4) is 11.5 Å². The highest BCUT2D eigenvalue weighted by Crippen LogP contribution is 2.42. The van der Waals surface area contributed by atoms with Crippen LogP contribution in [0.4, 0.5) is 0 Å². The van der Waals surface area contributed by atoms with Crippen molar-refractivity contribution in [1.82, 2.24) is 0 Å². The van der Waals surface area contributed by atoms with Crippen LogP contribution in [0.3, 0.4) is 0 Å². The van der Waals surface area contributed by atoms with E-state index in [9.17, 15) is 5.11 Å². The van der Waals surface area contributed by atoms with Crippen molar-refractivity contribution in [2.45, 2.75) is 90.3 Å². The fraction of sp³-hybridized carbons (Fsp3) is 0.727. The number of hydrogen-bond donors (Lipinski definition) is 1. The third kappa shape index (κ3) is 6.34. The molecular weight excluding hydrogens is 384 g/mol. The predicted molar refractivity (Wildman–Crippen MR) is 123 cm³/mol. The number of benzene rings is 1. The topological polar surface area (TPSA) is 47.9 Å². The number of phenols is 1. The molecule has 1 rings (SSSR count). The van der Waals surface area contributed by atoms with Crippen molar-refractivity contribution >= 4 is 16.6 Å². The number of hydrogen-bond acceptors (Lipinski definition) is 4. The van der Waals surface area contributed by atoms with Gasteiger partial charge in [-0.15, -0.1) is 0 Å². The van der Waals surface area contributed by atoms with E-state index in [1.165, 1.54) is 0 Å². The van der Waals surface area contributed by atoms with Gasteiger partial charge in [-0.25, -0.2) is 0 Å². The van der Waals surface area contributed by atoms with E-state index in [0.717, 1.165) is 12.0 Å². The molecule has 1 N–H and O–H groups in total. The molecule has 0 spiro atoms. The molecule has 1 aromatic rings. The van der Waals surface area contributed by atoms with Crippen LogP contribution < -0.4 is 4.74 Å². The standard InChI is InChI=1S/C22H42O4Si2/c1-21(2,3)27(8,9)25-15-14-19(26-28(10,11)22(4,5)6)17-12-13-18(23)20(16-17)24-7/h12-13,16,19,23H,14-15H2,1-11H3. The van der Waals surface area contributed by atoms with Crippen LogP contribution in [-0.4, -0.2) is 35.5 Å². The van der Waals surface area contributed by atoms with Crippen LogP contribution in [0.2, 0.25) is 36.3 Å². The van der Waals surface area contributed by atoms with Gasteiger partial charge in [0.05, 0.1) is 13.2 Å². The van der Waals surface area contributed by atoms with E-state index >= 15 is 0 Å². The lowest BCUT2D eigenvalue weighted by Crippen LogP contribution is -2.43. The minimum atomic E-state index is -1.97. The Hall–Kier alpha value is -0.826. The van der Waals surface area contributed by atoms with Crippen molar-refractivity contribution in [2.75, 3.05) is 13.7 Å². The van der Waals surface area contributed by atoms with E-state index in [1.807, 2.05) is 12.1 Å². The Morgan fingerprint density at radius 2 is 1.46 bits per heavy atom. The summed E-state index contributed by atoms with van der Waals surface area (Å²) in [6.07, 6.45) is 0.701. The SMILES string of the molecule is COc1cc(C(CCO[Si](C)(C)C(C)(C)C)O[Si](C)(C)C(C)(C)C)ccc1O. The van der Waals surface area contributed by atoms with Crippen LogP contribution in [0.5, 0.6) is 11.5 Å². The number of ether oxygens (including phenoxy) is 1. The lowest BCUT2D eigenvalue weighted by Gasteiger charge is -2.40. The van der Waals surface area contributed by atoms with Gasteiger partial charge in [0.15, 0.2) is 28.1 Å². The van der Waals surface area contributed by atoms with Gasteiger partial charge in [0, 0.05) is 6.61 Å². The zero-order valence-electron chi connectivity index (χ0n) is 19.9. The maximum Gasteiger partial charge on any atom is 0.192 e. The summed E-state index contributed by atoms with van der Waals surface area (Å²) < 4.78 is 18.5. The van der Waals surface area contributed by atoms with Crippen molar-refractivity contribution in [3.05, 3.63) is 23.8 Å². The molecule has 1 atom stereocenters. The molecule has 162 valence electrons. The summed E-state index contributed by atoms with van der Waals surface area (Å²) in [7, 11) is -2.20. The summed E-state index contributed by atoms with van der Waals surface area (Å²) in [5.41, 5.74) is 1.03. The molecular formula is C22H42O4Si2. The summed E-state index contributed by atoms with van der Waals surface area (Å²) in [4.78, 5) is 0. The molecule has 0 aromatic heterocycles. The maximum atomic E-state index is 9.97. The van der Waals surface area contributed by atoms with Crippen molar-refractivity contribution in [1.29, 1.82) is 0 Å². The summed E-state index contributed by atoms with van der Waals surface area (Å²) in [5, 5.41) is 10.3. The Kier molecular flexibility index (Phi) is 8.01.